The molecule has 0 unspecified atom stereocenters. The lowest BCUT2D eigenvalue weighted by Gasteiger charge is -1.98. The van der Waals surface area contributed by atoms with Crippen LogP contribution in [0.4, 0.5) is 0 Å². The molecule has 0 bridgehead atoms. The number of halogens is 2. The monoisotopic (exact) mass is 344 g/mol. The number of aromatic nitrogens is 2. The summed E-state index contributed by atoms with van der Waals surface area (Å²) in [7, 11) is 1.71. The topological polar surface area (TPSA) is 27.1 Å². The van der Waals surface area contributed by atoms with Crippen LogP contribution in [-0.2, 0) is 11.3 Å². The van der Waals surface area contributed by atoms with E-state index in [4.69, 9.17) is 4.74 Å². The van der Waals surface area contributed by atoms with E-state index in [-0.39, 0.29) is 0 Å². The average molecular weight is 345 g/mol. The Morgan fingerprint density at radius 2 is 2.50 bits per heavy atom. The highest BCUT2D eigenvalue weighted by Gasteiger charge is 2.01. The molecule has 68 valence electrons. The number of hydrogen-bond donors (Lipinski definition) is 0. The lowest BCUT2D eigenvalue weighted by atomic mass is 10.4. The molecule has 0 aromatic carbocycles. The molecule has 1 aromatic rings. The summed E-state index contributed by atoms with van der Waals surface area (Å²) in [5.74, 6) is 0. The van der Waals surface area contributed by atoms with Crippen LogP contribution in [0.25, 0.3) is 0 Å². The number of methoxy groups -OCH3 is 1. The summed E-state index contributed by atoms with van der Waals surface area (Å²) in [6, 6.07) is 0. The third kappa shape index (κ3) is 3.02. The Bertz CT molecular complexity index is 232. The molecule has 1 heterocycles. The van der Waals surface area contributed by atoms with E-state index in [1.807, 2.05) is 10.9 Å². The van der Waals surface area contributed by atoms with Crippen molar-refractivity contribution in [3.8, 4) is 0 Å². The van der Waals surface area contributed by atoms with E-state index >= 15 is 0 Å². The lowest BCUT2D eigenvalue weighted by molar-refractivity contribution is 0.189. The molecule has 12 heavy (non-hydrogen) atoms. The normalized spacial score (nSPS) is 10.6. The maximum atomic E-state index is 4.95. The first-order chi connectivity index (χ1) is 5.74. The fourth-order valence-electron chi connectivity index (χ4n) is 0.859. The number of aryl methyl sites for hydroxylation is 1. The summed E-state index contributed by atoms with van der Waals surface area (Å²) >= 11 is 5.60. The van der Waals surface area contributed by atoms with E-state index in [0.717, 1.165) is 27.7 Å². The molecule has 0 atom stereocenters. The second kappa shape index (κ2) is 5.18. The van der Waals surface area contributed by atoms with Gasteiger partial charge in [-0.25, -0.2) is 0 Å². The summed E-state index contributed by atoms with van der Waals surface area (Å²) in [5, 5.41) is 4.28. The Morgan fingerprint density at radius 3 is 3.00 bits per heavy atom. The zero-order valence-corrected chi connectivity index (χ0v) is 10.5. The Hall–Kier alpha value is 0.380. The van der Waals surface area contributed by atoms with Crippen molar-refractivity contribution >= 4 is 38.5 Å². The van der Waals surface area contributed by atoms with Gasteiger partial charge in [0.05, 0.1) is 4.47 Å². The highest BCUT2D eigenvalue weighted by molar-refractivity contribution is 14.1. The van der Waals surface area contributed by atoms with Crippen LogP contribution in [-0.4, -0.2) is 23.5 Å². The number of hydrogen-bond acceptors (Lipinski definition) is 2. The van der Waals surface area contributed by atoms with Gasteiger partial charge >= 0.3 is 0 Å². The van der Waals surface area contributed by atoms with Crippen LogP contribution in [0.15, 0.2) is 10.7 Å². The molecule has 0 aliphatic heterocycles. The Labute approximate surface area is 93.7 Å². The van der Waals surface area contributed by atoms with Gasteiger partial charge in [-0.3, -0.25) is 4.68 Å². The van der Waals surface area contributed by atoms with Gasteiger partial charge < -0.3 is 4.74 Å². The minimum absolute atomic E-state index is 0.786. The van der Waals surface area contributed by atoms with E-state index < -0.39 is 0 Å². The minimum atomic E-state index is 0.786. The third-order valence-electron chi connectivity index (χ3n) is 1.41. The van der Waals surface area contributed by atoms with Crippen LogP contribution >= 0.6 is 38.5 Å². The molecule has 5 heteroatoms. The van der Waals surface area contributed by atoms with E-state index in [0.29, 0.717) is 0 Å². The first-order valence-electron chi connectivity index (χ1n) is 3.61. The Morgan fingerprint density at radius 1 is 1.75 bits per heavy atom. The van der Waals surface area contributed by atoms with Gasteiger partial charge in [0.1, 0.15) is 3.70 Å². The van der Waals surface area contributed by atoms with Crippen molar-refractivity contribution in [2.75, 3.05) is 13.7 Å². The molecule has 0 saturated carbocycles. The highest BCUT2D eigenvalue weighted by atomic mass is 127. The van der Waals surface area contributed by atoms with Gasteiger partial charge in [0.2, 0.25) is 0 Å². The predicted molar refractivity (Wildman–Crippen MR) is 59.1 cm³/mol. The second-order valence-corrected chi connectivity index (χ2v) is 4.25. The molecule has 0 N–H and O–H groups in total. The molecule has 0 saturated heterocycles. The molecule has 0 radical (unpaired) electrons. The molecule has 0 amide bonds. The van der Waals surface area contributed by atoms with Gasteiger partial charge in [-0.05, 0) is 44.9 Å². The number of rotatable bonds is 4. The van der Waals surface area contributed by atoms with Crippen LogP contribution in [0.2, 0.25) is 0 Å². The van der Waals surface area contributed by atoms with Gasteiger partial charge in [0.15, 0.2) is 0 Å². The van der Waals surface area contributed by atoms with E-state index in [1.165, 1.54) is 0 Å². The fraction of sp³-hybridized carbons (Fsp3) is 0.571. The molecular weight excluding hydrogens is 335 g/mol. The number of nitrogens with zero attached hydrogens (tertiary/aromatic N) is 2. The van der Waals surface area contributed by atoms with Crippen molar-refractivity contribution in [2.24, 2.45) is 0 Å². The van der Waals surface area contributed by atoms with Crippen LogP contribution in [0, 0.1) is 3.70 Å². The maximum Gasteiger partial charge on any atom is 0.137 e. The van der Waals surface area contributed by atoms with E-state index in [2.05, 4.69) is 43.6 Å². The van der Waals surface area contributed by atoms with Crippen molar-refractivity contribution in [2.45, 2.75) is 13.0 Å². The Kier molecular flexibility index (Phi) is 4.52. The van der Waals surface area contributed by atoms with Gasteiger partial charge in [-0.15, -0.1) is 0 Å². The van der Waals surface area contributed by atoms with Crippen molar-refractivity contribution in [1.82, 2.24) is 9.78 Å². The smallest absolute Gasteiger partial charge is 0.137 e. The SMILES string of the molecule is COCCCn1cc(Br)c(I)n1. The maximum absolute atomic E-state index is 4.95. The first-order valence-corrected chi connectivity index (χ1v) is 5.48. The Balaban J connectivity index is 2.42. The highest BCUT2D eigenvalue weighted by Crippen LogP contribution is 2.16. The minimum Gasteiger partial charge on any atom is -0.385 e. The van der Waals surface area contributed by atoms with Crippen molar-refractivity contribution in [3.05, 3.63) is 14.4 Å². The number of ether oxygens (including phenoxy) is 1. The van der Waals surface area contributed by atoms with Gasteiger partial charge in [-0.1, -0.05) is 0 Å². The van der Waals surface area contributed by atoms with Gasteiger partial charge in [0.25, 0.3) is 0 Å². The van der Waals surface area contributed by atoms with Gasteiger partial charge in [0, 0.05) is 26.5 Å². The molecule has 0 aliphatic carbocycles. The standard InChI is InChI=1S/C7H10BrIN2O/c1-12-4-2-3-11-5-6(8)7(9)10-11/h5H,2-4H2,1H3. The molecule has 0 fully saturated rings. The van der Waals surface area contributed by atoms with E-state index in [9.17, 15) is 0 Å². The van der Waals surface area contributed by atoms with E-state index in [1.54, 1.807) is 7.11 Å². The zero-order valence-electron chi connectivity index (χ0n) is 6.76. The predicted octanol–water partition coefficient (Wildman–Crippen LogP) is 2.29. The summed E-state index contributed by atoms with van der Waals surface area (Å²) < 4.78 is 8.93. The molecule has 1 aromatic heterocycles. The quantitative estimate of drug-likeness (QED) is 0.619. The molecule has 1 rings (SSSR count). The third-order valence-corrected chi connectivity index (χ3v) is 3.53. The average Bonchev–Trinajstić information content (AvgIpc) is 2.32. The molecule has 0 aliphatic rings. The zero-order chi connectivity index (χ0) is 8.97. The van der Waals surface area contributed by atoms with Crippen LogP contribution < -0.4 is 0 Å². The van der Waals surface area contributed by atoms with Crippen molar-refractivity contribution in [3.63, 3.8) is 0 Å². The van der Waals surface area contributed by atoms with Crippen LogP contribution in [0.5, 0.6) is 0 Å². The van der Waals surface area contributed by atoms with Crippen LogP contribution in [0.3, 0.4) is 0 Å². The van der Waals surface area contributed by atoms with Gasteiger partial charge in [-0.2, -0.15) is 5.10 Å². The van der Waals surface area contributed by atoms with Crippen molar-refractivity contribution < 1.29 is 4.74 Å². The largest absolute Gasteiger partial charge is 0.385 e. The summed E-state index contributed by atoms with van der Waals surface area (Å²) in [6.45, 7) is 1.70. The molecule has 0 spiro atoms. The molecule has 3 nitrogen and oxygen atoms in total. The summed E-state index contributed by atoms with van der Waals surface area (Å²) in [6.07, 6.45) is 2.98. The van der Waals surface area contributed by atoms with Crippen molar-refractivity contribution in [1.29, 1.82) is 0 Å². The molecular formula is C7H10BrIN2O. The summed E-state index contributed by atoms with van der Waals surface area (Å²) in [5.41, 5.74) is 0. The first kappa shape index (κ1) is 10.5. The summed E-state index contributed by atoms with van der Waals surface area (Å²) in [4.78, 5) is 0. The lowest BCUT2D eigenvalue weighted by Crippen LogP contribution is -2.01. The second-order valence-electron chi connectivity index (χ2n) is 2.38. The van der Waals surface area contributed by atoms with Crippen LogP contribution in [0.1, 0.15) is 6.42 Å². The fourth-order valence-corrected chi connectivity index (χ4v) is 1.59.